The summed E-state index contributed by atoms with van der Waals surface area (Å²) in [6.45, 7) is 2.24. The molecule has 0 saturated carbocycles. The Bertz CT molecular complexity index is 455. The van der Waals surface area contributed by atoms with E-state index in [2.05, 4.69) is 22.8 Å². The number of rotatable bonds is 3. The average molecular weight is 260 g/mol. The minimum Gasteiger partial charge on any atom is -0.376 e. The fourth-order valence-electron chi connectivity index (χ4n) is 2.78. The summed E-state index contributed by atoms with van der Waals surface area (Å²) in [7, 11) is 0. The van der Waals surface area contributed by atoms with Crippen molar-refractivity contribution in [3.8, 4) is 0 Å². The topological polar surface area (TPSA) is 50.4 Å². The summed E-state index contributed by atoms with van der Waals surface area (Å²) < 4.78 is 5.51. The maximum absolute atomic E-state index is 12.1. The summed E-state index contributed by atoms with van der Waals surface area (Å²) in [6.07, 6.45) is 3.14. The molecule has 0 aromatic heterocycles. The molecule has 2 aliphatic heterocycles. The molecule has 0 unspecified atom stereocenters. The Morgan fingerprint density at radius 2 is 2.21 bits per heavy atom. The quantitative estimate of drug-likeness (QED) is 0.852. The van der Waals surface area contributed by atoms with Gasteiger partial charge in [0.15, 0.2) is 0 Å². The fraction of sp³-hybridized carbons (Fsp3) is 0.533. The highest BCUT2D eigenvalue weighted by Gasteiger charge is 2.24. The van der Waals surface area contributed by atoms with Crippen LogP contribution in [0, 0.1) is 0 Å². The van der Waals surface area contributed by atoms with E-state index in [0.29, 0.717) is 6.54 Å². The van der Waals surface area contributed by atoms with E-state index in [1.807, 2.05) is 12.1 Å². The standard InChI is InChI=1S/C15H20N2O2/c18-15(17-10-13-6-3-7-19-13)14-8-11-4-1-2-5-12(11)9-16-14/h1-2,4-5,13-14,16H,3,6-10H2,(H,17,18)/t13-,14-/m0/s1. The molecule has 4 heteroatoms. The van der Waals surface area contributed by atoms with E-state index in [4.69, 9.17) is 4.74 Å². The SMILES string of the molecule is O=C(NC[C@@H]1CCCO1)[C@@H]1Cc2ccccc2CN1. The number of hydrogen-bond donors (Lipinski definition) is 2. The largest absolute Gasteiger partial charge is 0.376 e. The lowest BCUT2D eigenvalue weighted by Crippen LogP contribution is -2.49. The zero-order valence-corrected chi connectivity index (χ0v) is 11.0. The van der Waals surface area contributed by atoms with Gasteiger partial charge in [-0.2, -0.15) is 0 Å². The molecule has 19 heavy (non-hydrogen) atoms. The zero-order chi connectivity index (χ0) is 13.1. The summed E-state index contributed by atoms with van der Waals surface area (Å²) in [6, 6.07) is 8.18. The smallest absolute Gasteiger partial charge is 0.237 e. The Balaban J connectivity index is 1.54. The molecule has 0 spiro atoms. The minimum atomic E-state index is -0.115. The first-order valence-corrected chi connectivity index (χ1v) is 7.02. The normalized spacial score (nSPS) is 25.9. The third kappa shape index (κ3) is 2.96. The zero-order valence-electron chi connectivity index (χ0n) is 11.0. The van der Waals surface area contributed by atoms with Gasteiger partial charge in [-0.15, -0.1) is 0 Å². The monoisotopic (exact) mass is 260 g/mol. The van der Waals surface area contributed by atoms with Crippen LogP contribution in [0.3, 0.4) is 0 Å². The van der Waals surface area contributed by atoms with Crippen LogP contribution >= 0.6 is 0 Å². The lowest BCUT2D eigenvalue weighted by Gasteiger charge is -2.25. The predicted octanol–water partition coefficient (Wildman–Crippen LogP) is 0.996. The number of fused-ring (bicyclic) bond motifs is 1. The van der Waals surface area contributed by atoms with Crippen LogP contribution < -0.4 is 10.6 Å². The number of hydrogen-bond acceptors (Lipinski definition) is 3. The molecule has 4 nitrogen and oxygen atoms in total. The maximum Gasteiger partial charge on any atom is 0.237 e. The summed E-state index contributed by atoms with van der Waals surface area (Å²) in [5, 5.41) is 6.30. The first-order chi connectivity index (χ1) is 9.33. The van der Waals surface area contributed by atoms with Crippen molar-refractivity contribution >= 4 is 5.91 Å². The van der Waals surface area contributed by atoms with Crippen LogP contribution in [0.1, 0.15) is 24.0 Å². The van der Waals surface area contributed by atoms with Crippen molar-refractivity contribution in [2.24, 2.45) is 0 Å². The number of ether oxygens (including phenoxy) is 1. The fourth-order valence-corrected chi connectivity index (χ4v) is 2.78. The molecule has 1 aromatic carbocycles. The second kappa shape index (κ2) is 5.72. The van der Waals surface area contributed by atoms with Gasteiger partial charge in [-0.25, -0.2) is 0 Å². The Morgan fingerprint density at radius 1 is 1.37 bits per heavy atom. The van der Waals surface area contributed by atoms with Gasteiger partial charge in [0.05, 0.1) is 12.1 Å². The lowest BCUT2D eigenvalue weighted by molar-refractivity contribution is -0.123. The van der Waals surface area contributed by atoms with Gasteiger partial charge in [-0.3, -0.25) is 4.79 Å². The van der Waals surface area contributed by atoms with E-state index in [-0.39, 0.29) is 18.1 Å². The predicted molar refractivity (Wildman–Crippen MR) is 72.8 cm³/mol. The Labute approximate surface area is 113 Å². The Morgan fingerprint density at radius 3 is 3.00 bits per heavy atom. The summed E-state index contributed by atoms with van der Waals surface area (Å²) in [4.78, 5) is 12.1. The number of carbonyl (C=O) groups is 1. The molecule has 0 aliphatic carbocycles. The van der Waals surface area contributed by atoms with Gasteiger partial charge in [-0.05, 0) is 30.4 Å². The minimum absolute atomic E-state index is 0.0880. The van der Waals surface area contributed by atoms with Gasteiger partial charge in [-0.1, -0.05) is 24.3 Å². The van der Waals surface area contributed by atoms with Gasteiger partial charge >= 0.3 is 0 Å². The highest BCUT2D eigenvalue weighted by atomic mass is 16.5. The van der Waals surface area contributed by atoms with E-state index in [0.717, 1.165) is 32.4 Å². The molecular weight excluding hydrogens is 240 g/mol. The molecule has 102 valence electrons. The summed E-state index contributed by atoms with van der Waals surface area (Å²) in [5.41, 5.74) is 2.57. The van der Waals surface area contributed by atoms with Crippen LogP contribution in [0.15, 0.2) is 24.3 Å². The molecule has 2 N–H and O–H groups in total. The van der Waals surface area contributed by atoms with Crippen LogP contribution in [0.4, 0.5) is 0 Å². The highest BCUT2D eigenvalue weighted by Crippen LogP contribution is 2.16. The van der Waals surface area contributed by atoms with Crippen molar-refractivity contribution in [1.82, 2.24) is 10.6 Å². The first kappa shape index (κ1) is 12.6. The molecule has 3 rings (SSSR count). The first-order valence-electron chi connectivity index (χ1n) is 7.02. The summed E-state index contributed by atoms with van der Waals surface area (Å²) in [5.74, 6) is 0.0880. The van der Waals surface area contributed by atoms with Crippen molar-refractivity contribution in [3.63, 3.8) is 0 Å². The van der Waals surface area contributed by atoms with Crippen molar-refractivity contribution in [2.45, 2.75) is 38.0 Å². The van der Waals surface area contributed by atoms with E-state index >= 15 is 0 Å². The van der Waals surface area contributed by atoms with Crippen LogP contribution in [0.5, 0.6) is 0 Å². The third-order valence-corrected chi connectivity index (χ3v) is 3.93. The molecule has 2 atom stereocenters. The number of benzene rings is 1. The molecule has 0 radical (unpaired) electrons. The average Bonchev–Trinajstić information content (AvgIpc) is 2.97. The van der Waals surface area contributed by atoms with E-state index < -0.39 is 0 Å². The molecular formula is C15H20N2O2. The lowest BCUT2D eigenvalue weighted by atomic mass is 9.95. The van der Waals surface area contributed by atoms with E-state index in [9.17, 15) is 4.79 Å². The molecule has 2 aliphatic rings. The number of nitrogens with one attached hydrogen (secondary N) is 2. The molecule has 0 bridgehead atoms. The van der Waals surface area contributed by atoms with Crippen molar-refractivity contribution in [3.05, 3.63) is 35.4 Å². The Kier molecular flexibility index (Phi) is 3.80. The van der Waals surface area contributed by atoms with Gasteiger partial charge in [0.1, 0.15) is 0 Å². The van der Waals surface area contributed by atoms with Gasteiger partial charge < -0.3 is 15.4 Å². The molecule has 1 amide bonds. The number of carbonyl (C=O) groups excluding carboxylic acids is 1. The van der Waals surface area contributed by atoms with Crippen molar-refractivity contribution in [1.29, 1.82) is 0 Å². The van der Waals surface area contributed by atoms with Gasteiger partial charge in [0, 0.05) is 19.7 Å². The van der Waals surface area contributed by atoms with Crippen LogP contribution in [-0.4, -0.2) is 31.2 Å². The molecule has 1 fully saturated rings. The van der Waals surface area contributed by atoms with Crippen molar-refractivity contribution < 1.29 is 9.53 Å². The second-order valence-corrected chi connectivity index (χ2v) is 5.29. The van der Waals surface area contributed by atoms with Gasteiger partial charge in [0.25, 0.3) is 0 Å². The van der Waals surface area contributed by atoms with Crippen LogP contribution in [0.2, 0.25) is 0 Å². The van der Waals surface area contributed by atoms with E-state index in [1.165, 1.54) is 11.1 Å². The molecule has 2 heterocycles. The second-order valence-electron chi connectivity index (χ2n) is 5.29. The van der Waals surface area contributed by atoms with E-state index in [1.54, 1.807) is 0 Å². The van der Waals surface area contributed by atoms with Gasteiger partial charge in [0.2, 0.25) is 5.91 Å². The number of amides is 1. The summed E-state index contributed by atoms with van der Waals surface area (Å²) >= 11 is 0. The molecule has 1 aromatic rings. The third-order valence-electron chi connectivity index (χ3n) is 3.93. The maximum atomic E-state index is 12.1. The van der Waals surface area contributed by atoms with Crippen LogP contribution in [0.25, 0.3) is 0 Å². The molecule has 1 saturated heterocycles. The Hall–Kier alpha value is -1.39. The highest BCUT2D eigenvalue weighted by molar-refractivity contribution is 5.82. The van der Waals surface area contributed by atoms with Crippen molar-refractivity contribution in [2.75, 3.05) is 13.2 Å². The van der Waals surface area contributed by atoms with Crippen LogP contribution in [-0.2, 0) is 22.5 Å².